The van der Waals surface area contributed by atoms with Gasteiger partial charge in [0.2, 0.25) is 6.41 Å². The first-order valence-corrected chi connectivity index (χ1v) is 9.57. The number of benzene rings is 1. The second-order valence-corrected chi connectivity index (χ2v) is 7.93. The summed E-state index contributed by atoms with van der Waals surface area (Å²) in [5.41, 5.74) is 0.751. The van der Waals surface area contributed by atoms with Gasteiger partial charge >= 0.3 is 39.9 Å². The first kappa shape index (κ1) is 23.2. The molecule has 12 heteroatoms. The van der Waals surface area contributed by atoms with E-state index in [1.165, 1.54) is 0 Å². The molecule has 3 atom stereocenters. The molecule has 1 N–H and O–H groups in total. The quantitative estimate of drug-likeness (QED) is 0.204. The minimum atomic E-state index is -4.83. The van der Waals surface area contributed by atoms with Crippen LogP contribution in [0.4, 0.5) is 0 Å². The maximum atomic E-state index is 12.4. The van der Waals surface area contributed by atoms with E-state index >= 15 is 0 Å². The molecule has 2 heterocycles. The van der Waals surface area contributed by atoms with Crippen molar-refractivity contribution in [3.63, 3.8) is 0 Å². The molecule has 2 amide bonds. The number of carbonyl (C=O) groups is 2. The monoisotopic (exact) mass is 424 g/mol. The summed E-state index contributed by atoms with van der Waals surface area (Å²) in [6, 6.07) is 6.48. The van der Waals surface area contributed by atoms with Gasteiger partial charge < -0.3 is 9.47 Å². The van der Waals surface area contributed by atoms with Crippen molar-refractivity contribution in [2.75, 3.05) is 6.61 Å². The zero-order valence-corrected chi connectivity index (χ0v) is 15.5. The molecule has 2 fully saturated rings. The number of ether oxygens (including phenoxy) is 2. The molecule has 2 aliphatic heterocycles. The molecule has 10 nitrogen and oxygen atoms in total. The number of hydroxylamine groups is 2. The number of nitrogens with zero attached hydrogens (tertiary/aromatic N) is 2. The van der Waals surface area contributed by atoms with E-state index in [4.69, 9.17) is 14.3 Å². The van der Waals surface area contributed by atoms with Gasteiger partial charge in [-0.25, -0.2) is 9.37 Å². The average Bonchev–Trinajstić information content (AvgIpc) is 2.94. The Balaban J connectivity index is 0.00000280. The Morgan fingerprint density at radius 1 is 1.36 bits per heavy atom. The fourth-order valence-electron chi connectivity index (χ4n) is 3.13. The van der Waals surface area contributed by atoms with Crippen molar-refractivity contribution in [2.24, 2.45) is 0 Å². The minimum absolute atomic E-state index is 0. The summed E-state index contributed by atoms with van der Waals surface area (Å²) >= 11 is 0. The average molecular weight is 424 g/mol. The van der Waals surface area contributed by atoms with Crippen LogP contribution in [-0.2, 0) is 40.8 Å². The van der Waals surface area contributed by atoms with Gasteiger partial charge in [-0.3, -0.25) is 19.0 Å². The number of β-lactam (4-membered cyclic amide) rings is 1. The molecule has 0 saturated carbocycles. The van der Waals surface area contributed by atoms with Crippen molar-refractivity contribution >= 4 is 52.2 Å². The first-order valence-electron chi connectivity index (χ1n) is 8.17. The number of amides is 2. The molecule has 150 valence electrons. The fourth-order valence-corrected chi connectivity index (χ4v) is 4.03. The predicted molar refractivity (Wildman–Crippen MR) is 97.2 cm³/mol. The summed E-state index contributed by atoms with van der Waals surface area (Å²) in [6.45, 7) is 3.24. The van der Waals surface area contributed by atoms with Crippen molar-refractivity contribution in [3.05, 3.63) is 35.9 Å². The normalized spacial score (nSPS) is 26.3. The van der Waals surface area contributed by atoms with E-state index in [9.17, 15) is 22.6 Å². The van der Waals surface area contributed by atoms with Crippen molar-refractivity contribution in [3.8, 4) is 0 Å². The van der Waals surface area contributed by atoms with Crippen LogP contribution in [0.15, 0.2) is 30.3 Å². The third-order valence-electron chi connectivity index (χ3n) is 4.33. The molecule has 0 unspecified atom stereocenters. The van der Waals surface area contributed by atoms with Gasteiger partial charge in [0, 0.05) is 0 Å². The van der Waals surface area contributed by atoms with E-state index in [0.717, 1.165) is 10.6 Å². The summed E-state index contributed by atoms with van der Waals surface area (Å²) in [5, 5.41) is 0.746. The van der Waals surface area contributed by atoms with Gasteiger partial charge in [0.05, 0.1) is 6.61 Å². The number of carbonyl (C=O) groups excluding carboxylic acids is 2. The molecule has 0 aliphatic carbocycles. The maximum absolute atomic E-state index is 12.4. The van der Waals surface area contributed by atoms with Crippen LogP contribution in [0.25, 0.3) is 0 Å². The van der Waals surface area contributed by atoms with E-state index < -0.39 is 40.2 Å². The van der Waals surface area contributed by atoms with Gasteiger partial charge in [-0.15, -0.1) is 0 Å². The Labute approximate surface area is 184 Å². The molecule has 2 saturated heterocycles. The molecule has 3 rings (SSSR count). The van der Waals surface area contributed by atoms with Gasteiger partial charge in [0.1, 0.15) is 18.8 Å². The van der Waals surface area contributed by atoms with Crippen LogP contribution in [0.3, 0.4) is 0 Å². The van der Waals surface area contributed by atoms with Gasteiger partial charge in [-0.1, -0.05) is 30.3 Å². The summed E-state index contributed by atoms with van der Waals surface area (Å²) in [6.07, 6.45) is -0.576. The summed E-state index contributed by atoms with van der Waals surface area (Å²) in [7, 11) is -4.83. The van der Waals surface area contributed by atoms with E-state index in [0.29, 0.717) is 6.41 Å². The van der Waals surface area contributed by atoms with Crippen molar-refractivity contribution < 1.29 is 36.9 Å². The van der Waals surface area contributed by atoms with Crippen LogP contribution in [0.5, 0.6) is 0 Å². The fraction of sp³-hybridized carbons (Fsp3) is 0.500. The van der Waals surface area contributed by atoms with E-state index in [1.807, 2.05) is 6.07 Å². The topological polar surface area (TPSA) is 123 Å². The second-order valence-electron chi connectivity index (χ2n) is 6.64. The van der Waals surface area contributed by atoms with Gasteiger partial charge in [-0.2, -0.15) is 8.42 Å². The number of hydrogen-bond acceptors (Lipinski definition) is 7. The van der Waals surface area contributed by atoms with Crippen LogP contribution in [0, 0.1) is 0 Å². The molecule has 28 heavy (non-hydrogen) atoms. The Morgan fingerprint density at radius 2 is 2.00 bits per heavy atom. The zero-order chi connectivity index (χ0) is 19.8. The third kappa shape index (κ3) is 4.74. The van der Waals surface area contributed by atoms with Crippen LogP contribution < -0.4 is 0 Å². The Morgan fingerprint density at radius 3 is 2.50 bits per heavy atom. The number of rotatable bonds is 7. The van der Waals surface area contributed by atoms with E-state index in [-0.39, 0.29) is 47.1 Å². The predicted octanol–water partition coefficient (Wildman–Crippen LogP) is -0.538. The molecular formula is C16H21N2NaO8S. The third-order valence-corrected chi connectivity index (χ3v) is 5.25. The Hall–Kier alpha value is -1.05. The summed E-state index contributed by atoms with van der Waals surface area (Å²) in [5.74, 6) is -1.98. The van der Waals surface area contributed by atoms with Crippen LogP contribution in [-0.4, -0.2) is 94.8 Å². The zero-order valence-electron chi connectivity index (χ0n) is 14.7. The molecule has 2 aliphatic rings. The molecule has 0 aromatic heterocycles. The van der Waals surface area contributed by atoms with Crippen molar-refractivity contribution in [1.29, 1.82) is 0 Å². The second kappa shape index (κ2) is 8.76. The molecule has 1 aromatic rings. The first-order chi connectivity index (χ1) is 12.6. The standard InChI is InChI=1S/C16H20N2O8S.Na.H/c1-16(2)24-9-12(26-16)13-14(15(20)18(13)27(21,22)23)17(10-19)25-8-11-6-4-3-5-7-11;;/h3-7,10,12-14H,8-9H2,1-2H3,(H,21,22,23);;/t12-,13+,14-;;/m0../s1. The van der Waals surface area contributed by atoms with E-state index in [2.05, 4.69) is 0 Å². The SMILES string of the molecule is CC1(C)OC[C@@H]([C@@H]2[C@H](N(C=O)OCc3ccccc3)C(=O)N2S(=O)(=O)O)O1.[NaH]. The molecule has 0 bridgehead atoms. The van der Waals surface area contributed by atoms with Crippen LogP contribution in [0.2, 0.25) is 0 Å². The molecule has 0 radical (unpaired) electrons. The molecule has 0 spiro atoms. The molecular weight excluding hydrogens is 403 g/mol. The summed E-state index contributed by atoms with van der Waals surface area (Å²) < 4.78 is 43.9. The number of hydrogen-bond donors (Lipinski definition) is 1. The van der Waals surface area contributed by atoms with Gasteiger partial charge in [-0.05, 0) is 19.4 Å². The van der Waals surface area contributed by atoms with Crippen molar-refractivity contribution in [2.45, 2.75) is 44.4 Å². The van der Waals surface area contributed by atoms with Crippen molar-refractivity contribution in [1.82, 2.24) is 9.37 Å². The molecule has 1 aromatic carbocycles. The Kier molecular flexibility index (Phi) is 7.27. The van der Waals surface area contributed by atoms with Gasteiger partial charge in [0.25, 0.3) is 5.91 Å². The van der Waals surface area contributed by atoms with E-state index in [1.54, 1.807) is 38.1 Å². The Bertz CT molecular complexity index is 819. The summed E-state index contributed by atoms with van der Waals surface area (Å²) in [4.78, 5) is 29.3. The van der Waals surface area contributed by atoms with Crippen LogP contribution >= 0.6 is 0 Å². The van der Waals surface area contributed by atoms with Gasteiger partial charge in [0.15, 0.2) is 11.8 Å². The van der Waals surface area contributed by atoms with Crippen LogP contribution in [0.1, 0.15) is 19.4 Å².